The van der Waals surface area contributed by atoms with Crippen molar-refractivity contribution >= 4 is 17.4 Å². The Balaban J connectivity index is 1.92. The Kier molecular flexibility index (Phi) is 5.45. The topological polar surface area (TPSA) is 49.4 Å². The van der Waals surface area contributed by atoms with E-state index in [4.69, 9.17) is 0 Å². The lowest BCUT2D eigenvalue weighted by Crippen LogP contribution is -2.54. The van der Waals surface area contributed by atoms with Crippen molar-refractivity contribution in [1.82, 2.24) is 10.2 Å². The zero-order chi connectivity index (χ0) is 19.4. The third-order valence-corrected chi connectivity index (χ3v) is 4.51. The Morgan fingerprint density at radius 3 is 2.22 bits per heavy atom. The maximum atomic E-state index is 13.0. The van der Waals surface area contributed by atoms with Crippen LogP contribution in [0.25, 0.3) is 5.57 Å². The summed E-state index contributed by atoms with van der Waals surface area (Å²) in [5.41, 5.74) is 2.54. The highest BCUT2D eigenvalue weighted by atomic mass is 16.2. The summed E-state index contributed by atoms with van der Waals surface area (Å²) < 4.78 is 0. The predicted octanol–water partition coefficient (Wildman–Crippen LogP) is 3.79. The summed E-state index contributed by atoms with van der Waals surface area (Å²) in [6.45, 7) is 6.27. The smallest absolute Gasteiger partial charge is 0.247 e. The highest BCUT2D eigenvalue weighted by Gasteiger charge is 2.35. The highest BCUT2D eigenvalue weighted by molar-refractivity contribution is 6.01. The van der Waals surface area contributed by atoms with Gasteiger partial charge in [0.15, 0.2) is 0 Å². The van der Waals surface area contributed by atoms with Gasteiger partial charge in [-0.05, 0) is 37.5 Å². The van der Waals surface area contributed by atoms with Crippen molar-refractivity contribution in [1.29, 1.82) is 0 Å². The Morgan fingerprint density at radius 1 is 1.04 bits per heavy atom. The summed E-state index contributed by atoms with van der Waals surface area (Å²) in [5, 5.41) is 3.04. The molecule has 3 rings (SSSR count). The maximum absolute atomic E-state index is 13.0. The molecule has 0 bridgehead atoms. The van der Waals surface area contributed by atoms with Gasteiger partial charge in [-0.25, -0.2) is 0 Å². The fourth-order valence-electron chi connectivity index (χ4n) is 3.27. The van der Waals surface area contributed by atoms with Gasteiger partial charge in [0.25, 0.3) is 0 Å². The predicted molar refractivity (Wildman–Crippen MR) is 108 cm³/mol. The molecule has 1 unspecified atom stereocenters. The molecular weight excluding hydrogens is 336 g/mol. The van der Waals surface area contributed by atoms with Crippen molar-refractivity contribution in [2.75, 3.05) is 0 Å². The van der Waals surface area contributed by atoms with E-state index in [0.717, 1.165) is 16.7 Å². The van der Waals surface area contributed by atoms with E-state index in [0.29, 0.717) is 13.0 Å². The zero-order valence-corrected chi connectivity index (χ0v) is 16.1. The molecular formula is C23H26N2O2. The first-order valence-corrected chi connectivity index (χ1v) is 9.26. The number of benzene rings is 2. The number of nitrogens with one attached hydrogen (secondary N) is 1. The number of nitrogens with zero attached hydrogens (tertiary/aromatic N) is 1. The van der Waals surface area contributed by atoms with Crippen LogP contribution < -0.4 is 5.32 Å². The molecule has 1 heterocycles. The molecule has 2 amide bonds. The second-order valence-electron chi connectivity index (χ2n) is 7.95. The largest absolute Gasteiger partial charge is 0.350 e. The third kappa shape index (κ3) is 4.85. The minimum atomic E-state index is -0.530. The van der Waals surface area contributed by atoms with E-state index < -0.39 is 6.04 Å². The summed E-state index contributed by atoms with van der Waals surface area (Å²) in [5.74, 6) is -0.244. The van der Waals surface area contributed by atoms with Crippen molar-refractivity contribution in [2.45, 2.75) is 45.3 Å². The van der Waals surface area contributed by atoms with E-state index in [1.165, 1.54) is 0 Å². The Labute approximate surface area is 160 Å². The minimum Gasteiger partial charge on any atom is -0.350 e. The van der Waals surface area contributed by atoms with E-state index in [9.17, 15) is 9.59 Å². The summed E-state index contributed by atoms with van der Waals surface area (Å²) in [4.78, 5) is 27.6. The molecule has 4 nitrogen and oxygen atoms in total. The molecule has 0 saturated carbocycles. The SMILES string of the molecule is CC(C)(C)NC(=O)C1CC(c2ccccc2)=CC(=O)N1Cc1ccccc1. The summed E-state index contributed by atoms with van der Waals surface area (Å²) in [6, 6.07) is 19.0. The van der Waals surface area contributed by atoms with Crippen LogP contribution in [0.2, 0.25) is 0 Å². The lowest BCUT2D eigenvalue weighted by Gasteiger charge is -2.36. The van der Waals surface area contributed by atoms with E-state index in [1.54, 1.807) is 11.0 Å². The van der Waals surface area contributed by atoms with Crippen LogP contribution in [0.15, 0.2) is 66.7 Å². The number of amides is 2. The molecule has 0 fully saturated rings. The number of hydrogen-bond donors (Lipinski definition) is 1. The molecule has 0 radical (unpaired) electrons. The van der Waals surface area contributed by atoms with Crippen LogP contribution in [0.4, 0.5) is 0 Å². The quantitative estimate of drug-likeness (QED) is 0.900. The number of hydrogen-bond acceptors (Lipinski definition) is 2. The minimum absolute atomic E-state index is 0.117. The fraction of sp³-hybridized carbons (Fsp3) is 0.304. The van der Waals surface area contributed by atoms with Crippen LogP contribution >= 0.6 is 0 Å². The first-order valence-electron chi connectivity index (χ1n) is 9.26. The molecule has 2 aromatic rings. The van der Waals surface area contributed by atoms with Crippen LogP contribution in [-0.4, -0.2) is 28.3 Å². The average Bonchev–Trinajstić information content (AvgIpc) is 2.63. The van der Waals surface area contributed by atoms with Crippen molar-refractivity contribution in [3.05, 3.63) is 77.9 Å². The van der Waals surface area contributed by atoms with Gasteiger partial charge in [-0.3, -0.25) is 9.59 Å². The van der Waals surface area contributed by atoms with E-state index in [-0.39, 0.29) is 17.4 Å². The van der Waals surface area contributed by atoms with Gasteiger partial charge in [-0.1, -0.05) is 60.7 Å². The van der Waals surface area contributed by atoms with Gasteiger partial charge in [-0.2, -0.15) is 0 Å². The van der Waals surface area contributed by atoms with Crippen molar-refractivity contribution in [2.24, 2.45) is 0 Å². The summed E-state index contributed by atoms with van der Waals surface area (Å²) in [7, 11) is 0. The van der Waals surface area contributed by atoms with E-state index in [2.05, 4.69) is 5.32 Å². The first kappa shape index (κ1) is 18.9. The Hall–Kier alpha value is -2.88. The van der Waals surface area contributed by atoms with Crippen LogP contribution in [0, 0.1) is 0 Å². The normalized spacial score (nSPS) is 17.4. The fourth-order valence-corrected chi connectivity index (χ4v) is 3.27. The van der Waals surface area contributed by atoms with Crippen LogP contribution in [0.3, 0.4) is 0 Å². The van der Waals surface area contributed by atoms with Crippen LogP contribution in [-0.2, 0) is 16.1 Å². The van der Waals surface area contributed by atoms with E-state index in [1.807, 2.05) is 81.4 Å². The average molecular weight is 362 g/mol. The third-order valence-electron chi connectivity index (χ3n) is 4.51. The number of carbonyl (C=O) groups is 2. The molecule has 2 aromatic carbocycles. The molecule has 0 aliphatic carbocycles. The monoisotopic (exact) mass is 362 g/mol. The second kappa shape index (κ2) is 7.78. The van der Waals surface area contributed by atoms with Gasteiger partial charge in [-0.15, -0.1) is 0 Å². The Morgan fingerprint density at radius 2 is 1.63 bits per heavy atom. The lowest BCUT2D eigenvalue weighted by molar-refractivity contribution is -0.139. The molecule has 0 aromatic heterocycles. The molecule has 140 valence electrons. The number of rotatable bonds is 4. The molecule has 1 atom stereocenters. The van der Waals surface area contributed by atoms with Gasteiger partial charge >= 0.3 is 0 Å². The summed E-state index contributed by atoms with van der Waals surface area (Å²) in [6.07, 6.45) is 2.17. The first-order chi connectivity index (χ1) is 12.8. The van der Waals surface area contributed by atoms with Crippen molar-refractivity contribution in [3.63, 3.8) is 0 Å². The van der Waals surface area contributed by atoms with Gasteiger partial charge in [0.05, 0.1) is 0 Å². The molecule has 0 saturated heterocycles. The molecule has 0 spiro atoms. The maximum Gasteiger partial charge on any atom is 0.247 e. The van der Waals surface area contributed by atoms with Gasteiger partial charge in [0, 0.05) is 24.6 Å². The van der Waals surface area contributed by atoms with Gasteiger partial charge in [0.2, 0.25) is 11.8 Å². The van der Waals surface area contributed by atoms with Crippen molar-refractivity contribution in [3.8, 4) is 0 Å². The van der Waals surface area contributed by atoms with Gasteiger partial charge < -0.3 is 10.2 Å². The molecule has 1 N–H and O–H groups in total. The lowest BCUT2D eigenvalue weighted by atomic mass is 9.92. The highest BCUT2D eigenvalue weighted by Crippen LogP contribution is 2.28. The summed E-state index contributed by atoms with van der Waals surface area (Å²) >= 11 is 0. The Bertz CT molecular complexity index is 836. The van der Waals surface area contributed by atoms with Gasteiger partial charge in [0.1, 0.15) is 6.04 Å². The van der Waals surface area contributed by atoms with E-state index >= 15 is 0 Å². The molecule has 4 heteroatoms. The standard InChI is InChI=1S/C23H26N2O2/c1-23(2,3)24-22(27)20-14-19(18-12-8-5-9-13-18)15-21(26)25(20)16-17-10-6-4-7-11-17/h4-13,15,20H,14,16H2,1-3H3,(H,24,27). The molecule has 1 aliphatic heterocycles. The number of carbonyl (C=O) groups excluding carboxylic acids is 2. The second-order valence-corrected chi connectivity index (χ2v) is 7.95. The van der Waals surface area contributed by atoms with Crippen molar-refractivity contribution < 1.29 is 9.59 Å². The van der Waals surface area contributed by atoms with Crippen LogP contribution in [0.1, 0.15) is 38.3 Å². The zero-order valence-electron chi connectivity index (χ0n) is 16.1. The molecule has 1 aliphatic rings. The van der Waals surface area contributed by atoms with Crippen LogP contribution in [0.5, 0.6) is 0 Å². The molecule has 27 heavy (non-hydrogen) atoms.